The fourth-order valence-corrected chi connectivity index (χ4v) is 14.6. The molecule has 2 aromatic heterocycles. The van der Waals surface area contributed by atoms with Crippen LogP contribution in [0.15, 0.2) is 312 Å². The molecule has 0 unspecified atom stereocenters. The first kappa shape index (κ1) is 55.4. The van der Waals surface area contributed by atoms with E-state index in [1.807, 2.05) is 30.3 Å². The first-order valence-electron chi connectivity index (χ1n) is 31.2. The maximum Gasteiger partial charge on any atom is 0.159 e. The Balaban J connectivity index is 0.000000121. The summed E-state index contributed by atoms with van der Waals surface area (Å²) in [7, 11) is 0. The molecule has 2 heterocycles. The number of hydrogen-bond acceptors (Lipinski definition) is 4. The normalized spacial score (nSPS) is 13.1. The van der Waals surface area contributed by atoms with Crippen molar-refractivity contribution < 1.29 is 8.83 Å². The fourth-order valence-electron chi connectivity index (χ4n) is 14.4. The van der Waals surface area contributed by atoms with Crippen molar-refractivity contribution in [3.63, 3.8) is 0 Å². The van der Waals surface area contributed by atoms with E-state index in [1.54, 1.807) is 0 Å². The molecule has 4 nitrogen and oxygen atoms in total. The van der Waals surface area contributed by atoms with Crippen LogP contribution in [0.4, 0.5) is 28.4 Å². The van der Waals surface area contributed by atoms with Crippen LogP contribution < -0.4 is 10.2 Å². The van der Waals surface area contributed by atoms with Crippen LogP contribution in [0.5, 0.6) is 0 Å². The van der Waals surface area contributed by atoms with E-state index < -0.39 is 0 Å². The molecule has 5 heteroatoms. The molecule has 0 amide bonds. The van der Waals surface area contributed by atoms with Crippen LogP contribution in [0.3, 0.4) is 0 Å². The minimum absolute atomic E-state index is 0.0286. The first-order chi connectivity index (χ1) is 44.6. The summed E-state index contributed by atoms with van der Waals surface area (Å²) in [5, 5.41) is 13.7. The Morgan fingerprint density at radius 2 is 0.758 bits per heavy atom. The van der Waals surface area contributed by atoms with Crippen molar-refractivity contribution in [2.75, 3.05) is 10.2 Å². The van der Waals surface area contributed by atoms with E-state index >= 15 is 0 Å². The van der Waals surface area contributed by atoms with E-state index in [1.165, 1.54) is 94.0 Å². The molecule has 18 rings (SSSR count). The number of rotatable bonds is 7. The van der Waals surface area contributed by atoms with Crippen LogP contribution in [-0.2, 0) is 10.8 Å². The lowest BCUT2D eigenvalue weighted by Crippen LogP contribution is -2.16. The second-order valence-corrected chi connectivity index (χ2v) is 25.3. The molecule has 2 aliphatic rings. The Morgan fingerprint density at radius 1 is 0.330 bits per heavy atom. The summed E-state index contributed by atoms with van der Waals surface area (Å²) >= 11 is 6.19. The maximum atomic E-state index is 6.80. The van der Waals surface area contributed by atoms with Crippen LogP contribution in [0, 0.1) is 0 Å². The number of nitrogens with one attached hydrogen (secondary N) is 1. The summed E-state index contributed by atoms with van der Waals surface area (Å²) < 4.78 is 12.7. The standard InChI is InChI=1S/C43H31NO.C27H23N.C16H9ClO/c1-43(2)35-18-9-8-16-33(35)41-36(43)19-11-20-37(41)44(31-25-22-29(23-26-31)28-12-4-3-5-13-28)38-21-10-17-34-40-32-15-7-6-14-30(32)24-27-39(40)45-42(34)38;1-27(2)23-12-7-6-11-22(23)26-24(27)13-8-14-25(26)28-21-17-15-20(16-18-21)19-9-4-3-5-10-19;17-13-7-3-6-12-15-11-5-2-1-4-10(11)8-9-14(15)18-16(12)13/h3-27H,1-2H3;3-18,28H,1-2H3;1-9H. The summed E-state index contributed by atoms with van der Waals surface area (Å²) in [5.74, 6) is 0. The summed E-state index contributed by atoms with van der Waals surface area (Å²) in [6.07, 6.45) is 0. The number of halogens is 1. The third kappa shape index (κ3) is 9.44. The van der Waals surface area contributed by atoms with Gasteiger partial charge in [0.1, 0.15) is 11.2 Å². The van der Waals surface area contributed by atoms with Crippen molar-refractivity contribution >= 4 is 105 Å². The first-order valence-corrected chi connectivity index (χ1v) is 31.6. The molecule has 0 atom stereocenters. The van der Waals surface area contributed by atoms with Gasteiger partial charge >= 0.3 is 0 Å². The molecular weight excluding hydrogens is 1130 g/mol. The number of nitrogens with zero attached hydrogens (tertiary/aromatic N) is 1. The van der Waals surface area contributed by atoms with Gasteiger partial charge in [-0.25, -0.2) is 0 Å². The van der Waals surface area contributed by atoms with Gasteiger partial charge in [0.25, 0.3) is 0 Å². The Bertz CT molecular complexity index is 5450. The molecule has 14 aromatic carbocycles. The SMILES string of the molecule is CC1(C)c2ccccc2-c2c(N(c3ccc(-c4ccccc4)cc3)c3cccc4c3oc3ccc5ccccc5c34)cccc21.CC1(C)c2ccccc2-c2c(Nc3ccc(-c4ccccc4)cc3)cccc21.Clc1cccc2c1oc1ccc3ccccc3c12. The van der Waals surface area contributed by atoms with Crippen molar-refractivity contribution in [3.8, 4) is 44.5 Å². The molecule has 0 fully saturated rings. The molecular formula is C86H63ClN2O2. The predicted molar refractivity (Wildman–Crippen MR) is 384 cm³/mol. The molecule has 0 spiro atoms. The molecule has 2 aliphatic carbocycles. The second-order valence-electron chi connectivity index (χ2n) is 24.9. The van der Waals surface area contributed by atoms with Gasteiger partial charge in [0.15, 0.2) is 11.2 Å². The number of hydrogen-bond donors (Lipinski definition) is 1. The summed E-state index contributed by atoms with van der Waals surface area (Å²) in [6, 6.07) is 107. The van der Waals surface area contributed by atoms with Crippen LogP contribution >= 0.6 is 11.6 Å². The third-order valence-corrected chi connectivity index (χ3v) is 19.2. The average Bonchev–Trinajstić information content (AvgIpc) is 1.62. The molecule has 16 aromatic rings. The zero-order valence-corrected chi connectivity index (χ0v) is 51.8. The Morgan fingerprint density at radius 3 is 1.36 bits per heavy atom. The molecule has 91 heavy (non-hydrogen) atoms. The summed E-state index contributed by atoms with van der Waals surface area (Å²) in [6.45, 7) is 9.31. The van der Waals surface area contributed by atoms with Crippen LogP contribution in [0.2, 0.25) is 5.02 Å². The highest BCUT2D eigenvalue weighted by Gasteiger charge is 2.39. The van der Waals surface area contributed by atoms with Gasteiger partial charge in [-0.2, -0.15) is 0 Å². The molecule has 0 radical (unpaired) electrons. The zero-order valence-electron chi connectivity index (χ0n) is 51.0. The van der Waals surface area contributed by atoms with Crippen LogP contribution in [0.25, 0.3) is 110 Å². The van der Waals surface area contributed by atoms with Crippen LogP contribution in [0.1, 0.15) is 49.9 Å². The van der Waals surface area contributed by atoms with Crippen molar-refractivity contribution in [1.82, 2.24) is 0 Å². The van der Waals surface area contributed by atoms with E-state index in [4.69, 9.17) is 20.4 Å². The van der Waals surface area contributed by atoms with Crippen molar-refractivity contribution in [1.29, 1.82) is 0 Å². The lowest BCUT2D eigenvalue weighted by Gasteiger charge is -2.29. The van der Waals surface area contributed by atoms with Gasteiger partial charge in [0.05, 0.1) is 16.4 Å². The quantitative estimate of drug-likeness (QED) is 0.173. The highest BCUT2D eigenvalue weighted by atomic mass is 35.5. The summed E-state index contributed by atoms with van der Waals surface area (Å²) in [4.78, 5) is 2.40. The fraction of sp³-hybridized carbons (Fsp3) is 0.0698. The molecule has 0 aliphatic heterocycles. The highest BCUT2D eigenvalue weighted by Crippen LogP contribution is 2.56. The molecule has 436 valence electrons. The Labute approximate surface area is 534 Å². The van der Waals surface area contributed by atoms with Crippen molar-refractivity contribution in [3.05, 3.63) is 331 Å². The Hall–Kier alpha value is -10.9. The predicted octanol–water partition coefficient (Wildman–Crippen LogP) is 25.0. The average molecular weight is 1190 g/mol. The molecule has 0 saturated carbocycles. The Kier molecular flexibility index (Phi) is 13.6. The second kappa shape index (κ2) is 22.3. The number of furan rings is 2. The number of benzene rings is 14. The number of fused-ring (bicyclic) bond motifs is 16. The number of para-hydroxylation sites is 2. The lowest BCUT2D eigenvalue weighted by atomic mass is 9.82. The van der Waals surface area contributed by atoms with Gasteiger partial charge in [0, 0.05) is 60.6 Å². The smallest absolute Gasteiger partial charge is 0.159 e. The highest BCUT2D eigenvalue weighted by molar-refractivity contribution is 6.36. The van der Waals surface area contributed by atoms with Gasteiger partial charge in [-0.3, -0.25) is 0 Å². The molecule has 0 bridgehead atoms. The van der Waals surface area contributed by atoms with Crippen LogP contribution in [-0.4, -0.2) is 0 Å². The topological polar surface area (TPSA) is 41.6 Å². The lowest BCUT2D eigenvalue weighted by molar-refractivity contribution is 0.660. The van der Waals surface area contributed by atoms with Gasteiger partial charge in [-0.1, -0.05) is 282 Å². The summed E-state index contributed by atoms with van der Waals surface area (Å²) in [5.41, 5.74) is 24.5. The van der Waals surface area contributed by atoms with Gasteiger partial charge in [0.2, 0.25) is 0 Å². The van der Waals surface area contributed by atoms with E-state index in [2.05, 4.69) is 311 Å². The largest absolute Gasteiger partial charge is 0.454 e. The van der Waals surface area contributed by atoms with Crippen molar-refractivity contribution in [2.45, 2.75) is 38.5 Å². The van der Waals surface area contributed by atoms with E-state index in [9.17, 15) is 0 Å². The zero-order chi connectivity index (χ0) is 61.4. The minimum atomic E-state index is -0.102. The van der Waals surface area contributed by atoms with Gasteiger partial charge in [-0.05, 0) is 138 Å². The minimum Gasteiger partial charge on any atom is -0.454 e. The van der Waals surface area contributed by atoms with E-state index in [0.29, 0.717) is 5.02 Å². The maximum absolute atomic E-state index is 6.80. The molecule has 1 N–H and O–H groups in total. The molecule has 0 saturated heterocycles. The van der Waals surface area contributed by atoms with Gasteiger partial charge in [-0.15, -0.1) is 0 Å². The van der Waals surface area contributed by atoms with E-state index in [0.717, 1.165) is 66.6 Å². The van der Waals surface area contributed by atoms with Crippen molar-refractivity contribution in [2.24, 2.45) is 0 Å². The van der Waals surface area contributed by atoms with E-state index in [-0.39, 0.29) is 10.8 Å². The third-order valence-electron chi connectivity index (χ3n) is 18.9. The number of anilines is 5. The van der Waals surface area contributed by atoms with Gasteiger partial charge < -0.3 is 19.1 Å². The monoisotopic (exact) mass is 1190 g/mol.